The van der Waals surface area contributed by atoms with Gasteiger partial charge in [-0.05, 0) is 101 Å². The number of carbonyl (C=O) groups excluding carboxylic acids is 3. The number of benzene rings is 1. The molecule has 0 radical (unpaired) electrons. The van der Waals surface area contributed by atoms with Crippen molar-refractivity contribution in [3.8, 4) is 17.0 Å². The van der Waals surface area contributed by atoms with Gasteiger partial charge in [0.2, 0.25) is 17.8 Å². The Labute approximate surface area is 355 Å². The van der Waals surface area contributed by atoms with Gasteiger partial charge >= 0.3 is 0 Å². The Morgan fingerprint density at radius 3 is 2.46 bits per heavy atom. The first kappa shape index (κ1) is 41.4. The van der Waals surface area contributed by atoms with Crippen LogP contribution in [0.3, 0.4) is 0 Å². The Hall–Kier alpha value is -4.37. The minimum Gasteiger partial charge on any atom is -0.488 e. The lowest BCUT2D eigenvalue weighted by atomic mass is 9.91. The molecule has 5 heterocycles. The fraction of sp³-hybridized carbons (Fsp3) is 0.545. The molecule has 4 aromatic rings. The molecule has 15 heteroatoms. The Bertz CT molecular complexity index is 2090. The largest absolute Gasteiger partial charge is 0.488 e. The van der Waals surface area contributed by atoms with E-state index in [2.05, 4.69) is 43.5 Å². The lowest BCUT2D eigenvalue weighted by Gasteiger charge is -2.30. The van der Waals surface area contributed by atoms with E-state index in [4.69, 9.17) is 21.3 Å². The average Bonchev–Trinajstić information content (AvgIpc) is 3.74. The zero-order valence-electron chi connectivity index (χ0n) is 33.9. The van der Waals surface area contributed by atoms with Crippen LogP contribution >= 0.6 is 22.9 Å². The maximum Gasteiger partial charge on any atom is 0.256 e. The van der Waals surface area contributed by atoms with Crippen LogP contribution in [0.5, 0.6) is 5.75 Å². The molecule has 4 aliphatic rings. The van der Waals surface area contributed by atoms with E-state index in [9.17, 15) is 14.4 Å². The van der Waals surface area contributed by atoms with Gasteiger partial charge in [-0.2, -0.15) is 5.10 Å². The minimum atomic E-state index is -0.607. The Morgan fingerprint density at radius 2 is 1.68 bits per heavy atom. The number of imide groups is 1. The van der Waals surface area contributed by atoms with Gasteiger partial charge < -0.3 is 25.6 Å². The summed E-state index contributed by atoms with van der Waals surface area (Å²) in [5.41, 5.74) is 5.76. The number of hydrogen-bond donors (Lipinski definition) is 4. The number of ether oxygens (including phenoxy) is 1. The predicted octanol–water partition coefficient (Wildman–Crippen LogP) is 6.94. The summed E-state index contributed by atoms with van der Waals surface area (Å²) in [6.45, 7) is 3.63. The number of piperidine rings is 1. The summed E-state index contributed by atoms with van der Waals surface area (Å²) in [5.74, 6) is 1.35. The van der Waals surface area contributed by atoms with Crippen LogP contribution < -0.4 is 26.0 Å². The Kier molecular flexibility index (Phi) is 13.6. The zero-order valence-corrected chi connectivity index (χ0v) is 35.5. The van der Waals surface area contributed by atoms with Crippen LogP contribution in [0.2, 0.25) is 5.02 Å². The highest BCUT2D eigenvalue weighted by molar-refractivity contribution is 7.10. The number of hydrogen-bond acceptors (Lipinski definition) is 11. The van der Waals surface area contributed by atoms with Crippen molar-refractivity contribution in [3.05, 3.63) is 74.3 Å². The monoisotopic (exact) mass is 841 g/mol. The molecule has 3 fully saturated rings. The molecule has 2 saturated carbocycles. The van der Waals surface area contributed by atoms with Gasteiger partial charge in [0, 0.05) is 65.7 Å². The van der Waals surface area contributed by atoms with Crippen molar-refractivity contribution in [2.75, 3.05) is 18.4 Å². The van der Waals surface area contributed by atoms with E-state index in [0.29, 0.717) is 48.2 Å². The average molecular weight is 843 g/mol. The third kappa shape index (κ3) is 10.5. The van der Waals surface area contributed by atoms with Crippen LogP contribution in [0.1, 0.15) is 116 Å². The molecule has 0 unspecified atom stereocenters. The van der Waals surface area contributed by atoms with Crippen molar-refractivity contribution >= 4 is 46.6 Å². The molecule has 59 heavy (non-hydrogen) atoms. The molecule has 13 nitrogen and oxygen atoms in total. The number of nitrogens with zero attached hydrogens (tertiary/aromatic N) is 5. The highest BCUT2D eigenvalue weighted by Crippen LogP contribution is 2.37. The molecule has 1 saturated heterocycles. The summed E-state index contributed by atoms with van der Waals surface area (Å²) in [5, 5.41) is 20.3. The lowest BCUT2D eigenvalue weighted by molar-refractivity contribution is -0.136. The van der Waals surface area contributed by atoms with Crippen molar-refractivity contribution in [2.45, 2.75) is 128 Å². The third-order valence-corrected chi connectivity index (χ3v) is 13.6. The summed E-state index contributed by atoms with van der Waals surface area (Å²) >= 11 is 8.10. The number of nitrogens with one attached hydrogen (secondary N) is 4. The minimum absolute atomic E-state index is 0.152. The van der Waals surface area contributed by atoms with Crippen LogP contribution in [-0.4, -0.2) is 73.6 Å². The fourth-order valence-electron chi connectivity index (χ4n) is 8.57. The number of aryl methyl sites for hydroxylation is 1. The summed E-state index contributed by atoms with van der Waals surface area (Å²) in [6.07, 6.45) is 18.4. The third-order valence-electron chi connectivity index (χ3n) is 12.3. The van der Waals surface area contributed by atoms with E-state index in [0.717, 1.165) is 85.1 Å². The quantitative estimate of drug-likeness (QED) is 0.0544. The summed E-state index contributed by atoms with van der Waals surface area (Å²) in [4.78, 5) is 48.9. The molecule has 2 aliphatic heterocycles. The van der Waals surface area contributed by atoms with E-state index in [-0.39, 0.29) is 18.2 Å². The SMILES string of the molecule is Cn1ncc(-c2nc(N[C@H]3CC[C@H](NCCCCCCCNCc4ccc(OCc5scc6c5CN([C@H]5CCC(=O)NC5=O)C6=O)cc4)CC3)ncc2Cl)c1CC1CC1. The van der Waals surface area contributed by atoms with Crippen molar-refractivity contribution in [1.82, 2.24) is 40.6 Å². The lowest BCUT2D eigenvalue weighted by Crippen LogP contribution is -2.52. The smallest absolute Gasteiger partial charge is 0.256 e. The van der Waals surface area contributed by atoms with Gasteiger partial charge in [0.15, 0.2) is 0 Å². The molecule has 3 amide bonds. The van der Waals surface area contributed by atoms with Gasteiger partial charge in [-0.3, -0.25) is 24.4 Å². The van der Waals surface area contributed by atoms with E-state index >= 15 is 0 Å². The summed E-state index contributed by atoms with van der Waals surface area (Å²) in [7, 11) is 2.00. The Morgan fingerprint density at radius 1 is 0.915 bits per heavy atom. The number of aromatic nitrogens is 4. The van der Waals surface area contributed by atoms with Crippen molar-refractivity contribution in [1.29, 1.82) is 0 Å². The number of carbonyl (C=O) groups is 3. The molecule has 1 aromatic carbocycles. The molecule has 2 aliphatic carbocycles. The molecular weight excluding hydrogens is 786 g/mol. The fourth-order valence-corrected chi connectivity index (χ4v) is 9.71. The second-order valence-electron chi connectivity index (χ2n) is 16.6. The normalized spacial score (nSPS) is 20.5. The number of halogens is 1. The molecule has 314 valence electrons. The second-order valence-corrected chi connectivity index (χ2v) is 18.0. The number of amides is 3. The number of fused-ring (bicyclic) bond motifs is 1. The molecule has 8 rings (SSSR count). The van der Waals surface area contributed by atoms with Crippen LogP contribution in [0.15, 0.2) is 42.0 Å². The molecule has 1 atom stereocenters. The van der Waals surface area contributed by atoms with Crippen LogP contribution in [0.25, 0.3) is 11.3 Å². The maximum atomic E-state index is 13.0. The molecule has 3 aromatic heterocycles. The van der Waals surface area contributed by atoms with E-state index in [1.165, 1.54) is 67.5 Å². The van der Waals surface area contributed by atoms with Gasteiger partial charge in [0.25, 0.3) is 5.91 Å². The highest BCUT2D eigenvalue weighted by atomic mass is 35.5. The first-order valence-corrected chi connectivity index (χ1v) is 22.7. The topological polar surface area (TPSA) is 155 Å². The predicted molar refractivity (Wildman–Crippen MR) is 229 cm³/mol. The Balaban J connectivity index is 0.653. The highest BCUT2D eigenvalue weighted by Gasteiger charge is 2.40. The van der Waals surface area contributed by atoms with Gasteiger partial charge in [-0.1, -0.05) is 43.0 Å². The molecule has 0 spiro atoms. The second kappa shape index (κ2) is 19.3. The number of rotatable bonds is 20. The number of thiophene rings is 1. The molecule has 0 bridgehead atoms. The van der Waals surface area contributed by atoms with E-state index in [1.54, 1.807) is 11.1 Å². The molecular formula is C44H56ClN9O4S. The first-order valence-electron chi connectivity index (χ1n) is 21.5. The number of unbranched alkanes of at least 4 members (excludes halogenated alkanes) is 4. The zero-order chi connectivity index (χ0) is 40.7. The van der Waals surface area contributed by atoms with E-state index in [1.807, 2.05) is 35.4 Å². The first-order chi connectivity index (χ1) is 28.8. The van der Waals surface area contributed by atoms with Crippen LogP contribution in [0, 0.1) is 5.92 Å². The standard InChI is InChI=1S/C44H56ClN9O4S/c1-53-38(21-28-7-8-28)33(23-49-53)41-36(45)24-48-44(52-41)50-31-13-11-30(12-14-31)47-20-6-4-2-3-5-19-46-22-29-9-15-32(16-10-29)58-26-39-34-25-54(43(57)35(34)27-59-39)37-17-18-40(55)51-42(37)56/h9-10,15-16,23-24,27-28,30-31,37,46-47H,2-8,11-14,17-22,25-26H2,1H3,(H,48,50,52)(H,51,55,56)/t30-,31-,37-/m0/s1. The number of anilines is 1. The van der Waals surface area contributed by atoms with Crippen molar-refractivity contribution < 1.29 is 19.1 Å². The van der Waals surface area contributed by atoms with E-state index < -0.39 is 11.9 Å². The van der Waals surface area contributed by atoms with Gasteiger partial charge in [-0.15, -0.1) is 11.3 Å². The summed E-state index contributed by atoms with van der Waals surface area (Å²) < 4.78 is 8.05. The maximum absolute atomic E-state index is 13.0. The van der Waals surface area contributed by atoms with Gasteiger partial charge in [-0.25, -0.2) is 9.97 Å². The van der Waals surface area contributed by atoms with Crippen molar-refractivity contribution in [3.63, 3.8) is 0 Å². The van der Waals surface area contributed by atoms with Crippen LogP contribution in [-0.2, 0) is 42.8 Å². The van der Waals surface area contributed by atoms with Gasteiger partial charge in [0.1, 0.15) is 18.4 Å². The van der Waals surface area contributed by atoms with Gasteiger partial charge in [0.05, 0.1) is 28.7 Å². The molecule has 4 N–H and O–H groups in total. The van der Waals surface area contributed by atoms with Crippen LogP contribution in [0.4, 0.5) is 5.95 Å². The van der Waals surface area contributed by atoms with Crippen molar-refractivity contribution in [2.24, 2.45) is 13.0 Å². The summed E-state index contributed by atoms with van der Waals surface area (Å²) in [6, 6.07) is 8.49.